The summed E-state index contributed by atoms with van der Waals surface area (Å²) in [7, 11) is 1.72. The van der Waals surface area contributed by atoms with Gasteiger partial charge in [-0.1, -0.05) is 26.8 Å². The van der Waals surface area contributed by atoms with Crippen molar-refractivity contribution in [1.82, 2.24) is 10.4 Å². The Labute approximate surface area is 74.4 Å². The molecule has 0 aromatic heterocycles. The van der Waals surface area contributed by atoms with Gasteiger partial charge in [0.25, 0.3) is 5.91 Å². The highest BCUT2D eigenvalue weighted by Gasteiger charge is 2.01. The van der Waals surface area contributed by atoms with Crippen LogP contribution < -0.4 is 5.43 Å². The van der Waals surface area contributed by atoms with Crippen LogP contribution in [0.4, 0.5) is 0 Å². The molecule has 0 saturated heterocycles. The van der Waals surface area contributed by atoms with Crippen LogP contribution in [0.3, 0.4) is 0 Å². The van der Waals surface area contributed by atoms with Gasteiger partial charge in [0.05, 0.1) is 0 Å². The zero-order chi connectivity index (χ0) is 9.56. The summed E-state index contributed by atoms with van der Waals surface area (Å²) in [6.45, 7) is 6.79. The lowest BCUT2D eigenvalue weighted by molar-refractivity contribution is -0.127. The standard InChI is InChI=1S/C9H18N2O/c1-5-10-11(4)9(12)7-6-8(2)3/h6-8,10H,5H2,1-4H3. The molecule has 0 spiro atoms. The van der Waals surface area contributed by atoms with Crippen LogP contribution in [0.5, 0.6) is 0 Å². The summed E-state index contributed by atoms with van der Waals surface area (Å²) in [6.07, 6.45) is 3.48. The third kappa shape index (κ3) is 4.91. The summed E-state index contributed by atoms with van der Waals surface area (Å²) in [5.41, 5.74) is 2.90. The van der Waals surface area contributed by atoms with Gasteiger partial charge in [0.2, 0.25) is 0 Å². The molecule has 0 saturated carbocycles. The van der Waals surface area contributed by atoms with Crippen molar-refractivity contribution in [2.45, 2.75) is 20.8 Å². The summed E-state index contributed by atoms with van der Waals surface area (Å²) in [4.78, 5) is 11.2. The quantitative estimate of drug-likeness (QED) is 0.507. The summed E-state index contributed by atoms with van der Waals surface area (Å²) in [5, 5.41) is 1.48. The van der Waals surface area contributed by atoms with E-state index in [0.29, 0.717) is 5.92 Å². The van der Waals surface area contributed by atoms with Crippen LogP contribution in [0.25, 0.3) is 0 Å². The molecular weight excluding hydrogens is 152 g/mol. The van der Waals surface area contributed by atoms with Crippen LogP contribution in [0.2, 0.25) is 0 Å². The molecule has 0 aliphatic carbocycles. The number of hydrazine groups is 1. The molecule has 0 aromatic carbocycles. The molecule has 0 heterocycles. The smallest absolute Gasteiger partial charge is 0.260 e. The van der Waals surface area contributed by atoms with Crippen LogP contribution in [0, 0.1) is 5.92 Å². The van der Waals surface area contributed by atoms with Crippen molar-refractivity contribution in [3.63, 3.8) is 0 Å². The van der Waals surface area contributed by atoms with Crippen molar-refractivity contribution in [1.29, 1.82) is 0 Å². The summed E-state index contributed by atoms with van der Waals surface area (Å²) >= 11 is 0. The lowest BCUT2D eigenvalue weighted by Crippen LogP contribution is -2.38. The fourth-order valence-electron chi connectivity index (χ4n) is 0.702. The normalized spacial score (nSPS) is 11.1. The van der Waals surface area contributed by atoms with Gasteiger partial charge in [-0.25, -0.2) is 5.43 Å². The van der Waals surface area contributed by atoms with Gasteiger partial charge in [-0.3, -0.25) is 9.80 Å². The monoisotopic (exact) mass is 170 g/mol. The van der Waals surface area contributed by atoms with Crippen molar-refractivity contribution >= 4 is 5.91 Å². The molecule has 1 N–H and O–H groups in total. The number of hydrogen-bond acceptors (Lipinski definition) is 2. The highest BCUT2D eigenvalue weighted by molar-refractivity contribution is 5.86. The number of carbonyl (C=O) groups is 1. The first-order valence-corrected chi connectivity index (χ1v) is 4.27. The van der Waals surface area contributed by atoms with Crippen LogP contribution in [0.1, 0.15) is 20.8 Å². The number of rotatable bonds is 4. The van der Waals surface area contributed by atoms with E-state index in [1.54, 1.807) is 13.1 Å². The molecule has 70 valence electrons. The van der Waals surface area contributed by atoms with Gasteiger partial charge in [0.15, 0.2) is 0 Å². The van der Waals surface area contributed by atoms with Crippen molar-refractivity contribution in [3.8, 4) is 0 Å². The Kier molecular flexibility index (Phi) is 5.37. The van der Waals surface area contributed by atoms with E-state index < -0.39 is 0 Å². The van der Waals surface area contributed by atoms with E-state index in [0.717, 1.165) is 6.54 Å². The van der Waals surface area contributed by atoms with E-state index in [1.165, 1.54) is 5.01 Å². The first kappa shape index (κ1) is 11.2. The fraction of sp³-hybridized carbons (Fsp3) is 0.667. The topological polar surface area (TPSA) is 32.3 Å². The molecule has 0 radical (unpaired) electrons. The third-order valence-electron chi connectivity index (χ3n) is 1.35. The van der Waals surface area contributed by atoms with Gasteiger partial charge in [-0.2, -0.15) is 0 Å². The molecule has 12 heavy (non-hydrogen) atoms. The van der Waals surface area contributed by atoms with Crippen molar-refractivity contribution in [3.05, 3.63) is 12.2 Å². The second-order valence-electron chi connectivity index (χ2n) is 3.01. The average Bonchev–Trinajstić information content (AvgIpc) is 2.00. The Morgan fingerprint density at radius 2 is 2.17 bits per heavy atom. The Morgan fingerprint density at radius 1 is 1.58 bits per heavy atom. The predicted molar refractivity (Wildman–Crippen MR) is 50.4 cm³/mol. The second kappa shape index (κ2) is 5.77. The molecule has 0 aliphatic heterocycles. The number of amides is 1. The Morgan fingerprint density at radius 3 is 2.58 bits per heavy atom. The van der Waals surface area contributed by atoms with Crippen LogP contribution in [0.15, 0.2) is 12.2 Å². The number of likely N-dealkylation sites (N-methyl/N-ethyl adjacent to an activating group) is 1. The zero-order valence-electron chi connectivity index (χ0n) is 8.29. The number of carbonyl (C=O) groups excluding carboxylic acids is 1. The molecule has 0 bridgehead atoms. The summed E-state index contributed by atoms with van der Waals surface area (Å²) in [5.74, 6) is 0.412. The third-order valence-corrected chi connectivity index (χ3v) is 1.35. The van der Waals surface area contributed by atoms with E-state index in [2.05, 4.69) is 5.43 Å². The maximum atomic E-state index is 11.2. The average molecular weight is 170 g/mol. The Balaban J connectivity index is 3.86. The van der Waals surface area contributed by atoms with Gasteiger partial charge in [-0.05, 0) is 5.92 Å². The first-order chi connectivity index (χ1) is 5.57. The minimum absolute atomic E-state index is 0.00875. The van der Waals surface area contributed by atoms with E-state index in [-0.39, 0.29) is 5.91 Å². The molecule has 3 heteroatoms. The van der Waals surface area contributed by atoms with Gasteiger partial charge < -0.3 is 0 Å². The largest absolute Gasteiger partial charge is 0.278 e. The molecule has 0 unspecified atom stereocenters. The molecule has 0 fully saturated rings. The zero-order valence-corrected chi connectivity index (χ0v) is 8.29. The Bertz CT molecular complexity index is 164. The van der Waals surface area contributed by atoms with E-state index in [9.17, 15) is 4.79 Å². The summed E-state index contributed by atoms with van der Waals surface area (Å²) < 4.78 is 0. The minimum Gasteiger partial charge on any atom is -0.278 e. The second-order valence-corrected chi connectivity index (χ2v) is 3.01. The molecule has 0 aromatic rings. The SMILES string of the molecule is CCNN(C)C(=O)C=CC(C)C. The number of allylic oxidation sites excluding steroid dienone is 1. The lowest BCUT2D eigenvalue weighted by atomic mass is 10.2. The number of nitrogens with zero attached hydrogens (tertiary/aromatic N) is 1. The van der Waals surface area contributed by atoms with Crippen LogP contribution >= 0.6 is 0 Å². The van der Waals surface area contributed by atoms with Gasteiger partial charge in [0, 0.05) is 19.7 Å². The van der Waals surface area contributed by atoms with E-state index in [4.69, 9.17) is 0 Å². The van der Waals surface area contributed by atoms with Gasteiger partial charge in [0.1, 0.15) is 0 Å². The first-order valence-electron chi connectivity index (χ1n) is 4.27. The molecule has 0 atom stereocenters. The Hall–Kier alpha value is -0.830. The molecular formula is C9H18N2O. The fourth-order valence-corrected chi connectivity index (χ4v) is 0.702. The highest BCUT2D eigenvalue weighted by Crippen LogP contribution is 1.93. The maximum Gasteiger partial charge on any atom is 0.260 e. The van der Waals surface area contributed by atoms with Crippen molar-refractivity contribution < 1.29 is 4.79 Å². The number of nitrogens with one attached hydrogen (secondary N) is 1. The maximum absolute atomic E-state index is 11.2. The molecule has 1 amide bonds. The van der Waals surface area contributed by atoms with Crippen LogP contribution in [-0.4, -0.2) is 24.5 Å². The minimum atomic E-state index is -0.00875. The predicted octanol–water partition coefficient (Wildman–Crippen LogP) is 1.18. The lowest BCUT2D eigenvalue weighted by Gasteiger charge is -2.14. The number of hydrogen-bond donors (Lipinski definition) is 1. The molecule has 3 nitrogen and oxygen atoms in total. The van der Waals surface area contributed by atoms with Crippen molar-refractivity contribution in [2.24, 2.45) is 5.92 Å². The highest BCUT2D eigenvalue weighted by atomic mass is 16.2. The van der Waals surface area contributed by atoms with E-state index >= 15 is 0 Å². The summed E-state index contributed by atoms with van der Waals surface area (Å²) in [6, 6.07) is 0. The molecule has 0 aliphatic rings. The molecule has 0 rings (SSSR count). The van der Waals surface area contributed by atoms with Gasteiger partial charge >= 0.3 is 0 Å². The van der Waals surface area contributed by atoms with Crippen molar-refractivity contribution in [2.75, 3.05) is 13.6 Å². The van der Waals surface area contributed by atoms with E-state index in [1.807, 2.05) is 26.8 Å². The van der Waals surface area contributed by atoms with Gasteiger partial charge in [-0.15, -0.1) is 0 Å². The van der Waals surface area contributed by atoms with Crippen LogP contribution in [-0.2, 0) is 4.79 Å².